The molecule has 0 bridgehead atoms. The fourth-order valence-electron chi connectivity index (χ4n) is 3.03. The monoisotopic (exact) mass is 431 g/mol. The summed E-state index contributed by atoms with van der Waals surface area (Å²) in [5.74, 6) is 0.406. The normalized spacial score (nSPS) is 13.8. The van der Waals surface area contributed by atoms with Gasteiger partial charge in [0.1, 0.15) is 0 Å². The second-order valence-electron chi connectivity index (χ2n) is 6.50. The Labute approximate surface area is 176 Å². The molecule has 1 aliphatic heterocycles. The van der Waals surface area contributed by atoms with Crippen molar-refractivity contribution in [2.75, 3.05) is 24.2 Å². The highest BCUT2D eigenvalue weighted by molar-refractivity contribution is 8.01. The highest BCUT2D eigenvalue weighted by atomic mass is 35.5. The zero-order valence-electron chi connectivity index (χ0n) is 15.0. The fraction of sp³-hybridized carbons (Fsp3) is 0.250. The molecular formula is C20H18ClN3O2S2. The molecule has 0 aliphatic carbocycles. The van der Waals surface area contributed by atoms with Crippen molar-refractivity contribution in [3.8, 4) is 0 Å². The van der Waals surface area contributed by atoms with Gasteiger partial charge in [-0.05, 0) is 55.3 Å². The van der Waals surface area contributed by atoms with E-state index in [-0.39, 0.29) is 11.8 Å². The number of thiazole rings is 1. The summed E-state index contributed by atoms with van der Waals surface area (Å²) in [6.45, 7) is 1.74. The van der Waals surface area contributed by atoms with E-state index < -0.39 is 0 Å². The predicted molar refractivity (Wildman–Crippen MR) is 116 cm³/mol. The molecule has 8 heteroatoms. The van der Waals surface area contributed by atoms with Crippen LogP contribution in [0.25, 0.3) is 10.2 Å². The number of amides is 2. The van der Waals surface area contributed by atoms with E-state index in [2.05, 4.69) is 10.3 Å². The number of hydrogen-bond acceptors (Lipinski definition) is 5. The van der Waals surface area contributed by atoms with Gasteiger partial charge in [-0.25, -0.2) is 4.98 Å². The minimum absolute atomic E-state index is 0.178. The van der Waals surface area contributed by atoms with Gasteiger partial charge >= 0.3 is 0 Å². The van der Waals surface area contributed by atoms with E-state index in [9.17, 15) is 9.59 Å². The van der Waals surface area contributed by atoms with Crippen molar-refractivity contribution in [3.05, 3.63) is 53.1 Å². The van der Waals surface area contributed by atoms with E-state index in [1.807, 2.05) is 23.1 Å². The number of halogens is 1. The molecule has 0 unspecified atom stereocenters. The van der Waals surface area contributed by atoms with Gasteiger partial charge < -0.3 is 10.2 Å². The van der Waals surface area contributed by atoms with Crippen molar-refractivity contribution in [3.63, 3.8) is 0 Å². The number of aromatic nitrogens is 1. The first-order valence-corrected chi connectivity index (χ1v) is 11.1. The fourth-order valence-corrected chi connectivity index (χ4v) is 5.17. The van der Waals surface area contributed by atoms with Crippen molar-refractivity contribution in [1.82, 2.24) is 9.88 Å². The molecule has 0 radical (unpaired) electrons. The van der Waals surface area contributed by atoms with Crippen LogP contribution >= 0.6 is 34.7 Å². The molecule has 0 atom stereocenters. The molecule has 144 valence electrons. The average molecular weight is 432 g/mol. The van der Waals surface area contributed by atoms with Crippen LogP contribution in [0.15, 0.2) is 46.8 Å². The number of hydrogen-bond donors (Lipinski definition) is 1. The third-order valence-corrected chi connectivity index (χ3v) is 6.91. The molecule has 2 amide bonds. The maximum absolute atomic E-state index is 12.4. The molecular weight excluding hydrogens is 414 g/mol. The van der Waals surface area contributed by atoms with Crippen LogP contribution in [0, 0.1) is 0 Å². The van der Waals surface area contributed by atoms with Gasteiger partial charge in [0.05, 0.1) is 16.0 Å². The number of thioether (sulfide) groups is 1. The molecule has 4 rings (SSSR count). The number of benzene rings is 2. The number of nitrogens with zero attached hydrogens (tertiary/aromatic N) is 2. The van der Waals surface area contributed by atoms with Crippen LogP contribution in [0.5, 0.6) is 0 Å². The lowest BCUT2D eigenvalue weighted by Crippen LogP contribution is -2.29. The molecule has 2 heterocycles. The summed E-state index contributed by atoms with van der Waals surface area (Å²) in [4.78, 5) is 31.1. The van der Waals surface area contributed by atoms with Gasteiger partial charge in [0.2, 0.25) is 5.91 Å². The van der Waals surface area contributed by atoms with Gasteiger partial charge in [-0.15, -0.1) is 11.3 Å². The highest BCUT2D eigenvalue weighted by Crippen LogP contribution is 2.31. The molecule has 0 saturated carbocycles. The molecule has 2 aromatic carbocycles. The lowest BCUT2D eigenvalue weighted by molar-refractivity contribution is -0.127. The Kier molecular flexibility index (Phi) is 5.85. The van der Waals surface area contributed by atoms with Crippen LogP contribution in [0.1, 0.15) is 23.2 Å². The zero-order valence-corrected chi connectivity index (χ0v) is 17.4. The van der Waals surface area contributed by atoms with Crippen molar-refractivity contribution < 1.29 is 9.59 Å². The van der Waals surface area contributed by atoms with Crippen LogP contribution in [0.4, 0.5) is 5.69 Å². The van der Waals surface area contributed by atoms with E-state index in [1.165, 1.54) is 23.1 Å². The Morgan fingerprint density at radius 1 is 1.14 bits per heavy atom. The molecule has 28 heavy (non-hydrogen) atoms. The van der Waals surface area contributed by atoms with Crippen LogP contribution in [-0.4, -0.2) is 40.5 Å². The molecule has 1 aromatic heterocycles. The Morgan fingerprint density at radius 3 is 2.64 bits per heavy atom. The first kappa shape index (κ1) is 19.2. The quantitative estimate of drug-likeness (QED) is 0.582. The summed E-state index contributed by atoms with van der Waals surface area (Å²) >= 11 is 8.87. The molecule has 1 N–H and O–H groups in total. The first-order chi connectivity index (χ1) is 13.6. The number of nitrogens with one attached hydrogen (secondary N) is 1. The van der Waals surface area contributed by atoms with Gasteiger partial charge in [0.15, 0.2) is 4.34 Å². The summed E-state index contributed by atoms with van der Waals surface area (Å²) < 4.78 is 1.84. The minimum atomic E-state index is -0.189. The van der Waals surface area contributed by atoms with Crippen LogP contribution < -0.4 is 5.32 Å². The van der Waals surface area contributed by atoms with E-state index in [1.54, 1.807) is 24.3 Å². The van der Waals surface area contributed by atoms with Crippen LogP contribution in [0.2, 0.25) is 5.02 Å². The number of fused-ring (bicyclic) bond motifs is 1. The van der Waals surface area contributed by atoms with Crippen molar-refractivity contribution in [1.29, 1.82) is 0 Å². The number of rotatable bonds is 5. The Hall–Kier alpha value is -2.09. The second kappa shape index (κ2) is 8.51. The first-order valence-electron chi connectivity index (χ1n) is 8.96. The maximum atomic E-state index is 12.4. The SMILES string of the molecule is O=C(Nc1ccc2nc(SCC(=O)N3CCCC3)sc2c1)c1ccc(Cl)cc1. The Morgan fingerprint density at radius 2 is 1.89 bits per heavy atom. The largest absolute Gasteiger partial charge is 0.342 e. The van der Waals surface area contributed by atoms with Crippen LogP contribution in [-0.2, 0) is 4.79 Å². The number of carbonyl (C=O) groups is 2. The van der Waals surface area contributed by atoms with Gasteiger partial charge in [-0.1, -0.05) is 23.4 Å². The summed E-state index contributed by atoms with van der Waals surface area (Å²) in [6.07, 6.45) is 2.20. The lowest BCUT2D eigenvalue weighted by Gasteiger charge is -2.13. The highest BCUT2D eigenvalue weighted by Gasteiger charge is 2.18. The van der Waals surface area contributed by atoms with Gasteiger partial charge in [-0.2, -0.15) is 0 Å². The molecule has 5 nitrogen and oxygen atoms in total. The summed E-state index contributed by atoms with van der Waals surface area (Å²) in [5.41, 5.74) is 2.12. The summed E-state index contributed by atoms with van der Waals surface area (Å²) in [7, 11) is 0. The van der Waals surface area contributed by atoms with E-state index in [0.29, 0.717) is 22.0 Å². The second-order valence-corrected chi connectivity index (χ2v) is 9.19. The maximum Gasteiger partial charge on any atom is 0.255 e. The van der Waals surface area contributed by atoms with E-state index in [0.717, 1.165) is 40.5 Å². The van der Waals surface area contributed by atoms with E-state index in [4.69, 9.17) is 11.6 Å². The molecule has 1 saturated heterocycles. The lowest BCUT2D eigenvalue weighted by atomic mass is 10.2. The van der Waals surface area contributed by atoms with Crippen molar-refractivity contribution in [2.24, 2.45) is 0 Å². The van der Waals surface area contributed by atoms with Gasteiger partial charge in [0.25, 0.3) is 5.91 Å². The molecule has 1 fully saturated rings. The summed E-state index contributed by atoms with van der Waals surface area (Å²) in [6, 6.07) is 12.4. The van der Waals surface area contributed by atoms with Crippen molar-refractivity contribution >= 4 is 62.4 Å². The minimum Gasteiger partial charge on any atom is -0.342 e. The number of carbonyl (C=O) groups excluding carboxylic acids is 2. The third kappa shape index (κ3) is 4.48. The molecule has 1 aliphatic rings. The Balaban J connectivity index is 1.41. The van der Waals surface area contributed by atoms with Crippen LogP contribution in [0.3, 0.4) is 0 Å². The topological polar surface area (TPSA) is 62.3 Å². The molecule has 0 spiro atoms. The van der Waals surface area contributed by atoms with Gasteiger partial charge in [-0.3, -0.25) is 9.59 Å². The predicted octanol–water partition coefficient (Wildman–Crippen LogP) is 4.92. The molecule has 3 aromatic rings. The smallest absolute Gasteiger partial charge is 0.255 e. The van der Waals surface area contributed by atoms with Crippen molar-refractivity contribution in [2.45, 2.75) is 17.2 Å². The summed E-state index contributed by atoms with van der Waals surface area (Å²) in [5, 5.41) is 3.49. The number of likely N-dealkylation sites (tertiary alicyclic amines) is 1. The van der Waals surface area contributed by atoms with Gasteiger partial charge in [0, 0.05) is 29.4 Å². The zero-order chi connectivity index (χ0) is 19.5. The average Bonchev–Trinajstić information content (AvgIpc) is 3.36. The standard InChI is InChI=1S/C20H18ClN3O2S2/c21-14-5-3-13(4-6-14)19(26)22-15-7-8-16-17(11-15)28-20(23-16)27-12-18(25)24-9-1-2-10-24/h3-8,11H,1-2,9-10,12H2,(H,22,26). The third-order valence-electron chi connectivity index (χ3n) is 4.51. The number of anilines is 1. The van der Waals surface area contributed by atoms with E-state index >= 15 is 0 Å². The Bertz CT molecular complexity index is 1010.